The number of anilines is 3. The van der Waals surface area contributed by atoms with E-state index in [4.69, 9.17) is 9.47 Å². The molecular weight excluding hydrogens is 676 g/mol. The van der Waals surface area contributed by atoms with E-state index < -0.39 is 35.6 Å². The van der Waals surface area contributed by atoms with Gasteiger partial charge in [0, 0.05) is 48.1 Å². The van der Waals surface area contributed by atoms with Crippen LogP contribution in [0.15, 0.2) is 73.8 Å². The Morgan fingerprint density at radius 2 is 1.54 bits per heavy atom. The van der Waals surface area contributed by atoms with Crippen molar-refractivity contribution in [1.82, 2.24) is 4.90 Å². The number of nitrogens with zero attached hydrogens (tertiary/aromatic N) is 4. The maximum absolute atomic E-state index is 14.9. The Hall–Kier alpha value is -3.67. The lowest BCUT2D eigenvalue weighted by Gasteiger charge is -2.38. The van der Waals surface area contributed by atoms with Crippen LogP contribution >= 0.6 is 15.9 Å². The summed E-state index contributed by atoms with van der Waals surface area (Å²) in [4.78, 5) is 50.7. The molecule has 3 fully saturated rings. The number of likely N-dealkylation sites (tertiary alicyclic amines) is 1. The molecular formula is C37H47BrN4O6. The average Bonchev–Trinajstić information content (AvgIpc) is 3.70. The molecule has 5 rings (SSSR count). The first-order valence-electron chi connectivity index (χ1n) is 16.8. The van der Waals surface area contributed by atoms with Crippen LogP contribution in [-0.2, 0) is 19.1 Å². The number of carbonyl (C=O) groups excluding carboxylic acids is 3. The number of aliphatic hydroxyl groups excluding tert-OH is 1. The summed E-state index contributed by atoms with van der Waals surface area (Å²) in [6, 6.07) is 13.2. The summed E-state index contributed by atoms with van der Waals surface area (Å²) in [5.74, 6) is -2.09. The van der Waals surface area contributed by atoms with Crippen LogP contribution in [0.5, 0.6) is 5.75 Å². The molecule has 258 valence electrons. The number of rotatable bonds is 15. The summed E-state index contributed by atoms with van der Waals surface area (Å²) in [7, 11) is 0. The smallest absolute Gasteiger partial charge is 0.253 e. The van der Waals surface area contributed by atoms with Crippen LogP contribution in [0, 0.1) is 11.8 Å². The third-order valence-electron chi connectivity index (χ3n) is 9.89. The molecule has 2 aromatic rings. The Morgan fingerprint density at radius 1 is 1.00 bits per heavy atom. The van der Waals surface area contributed by atoms with E-state index in [1.807, 2.05) is 43.3 Å². The van der Waals surface area contributed by atoms with E-state index in [1.54, 1.807) is 41.0 Å². The lowest BCUT2D eigenvalue weighted by Crippen LogP contribution is -2.59. The number of benzene rings is 2. The minimum absolute atomic E-state index is 0.199. The second-order valence-corrected chi connectivity index (χ2v) is 13.7. The summed E-state index contributed by atoms with van der Waals surface area (Å²) in [5, 5.41) is 10.3. The van der Waals surface area contributed by atoms with Crippen LogP contribution in [0.3, 0.4) is 0 Å². The Bertz CT molecular complexity index is 1500. The number of hydrogen-bond acceptors (Lipinski definition) is 7. The zero-order valence-electron chi connectivity index (χ0n) is 28.3. The summed E-state index contributed by atoms with van der Waals surface area (Å²) < 4.78 is 12.3. The van der Waals surface area contributed by atoms with Gasteiger partial charge in [-0.2, -0.15) is 0 Å². The molecule has 1 spiro atoms. The molecule has 7 atom stereocenters. The minimum atomic E-state index is -1.28. The maximum Gasteiger partial charge on any atom is 0.253 e. The fourth-order valence-electron chi connectivity index (χ4n) is 7.74. The van der Waals surface area contributed by atoms with Gasteiger partial charge in [0.15, 0.2) is 0 Å². The molecule has 3 unspecified atom stereocenters. The average molecular weight is 724 g/mol. The zero-order valence-corrected chi connectivity index (χ0v) is 29.8. The summed E-state index contributed by atoms with van der Waals surface area (Å²) >= 11 is 3.77. The van der Waals surface area contributed by atoms with Crippen molar-refractivity contribution in [3.05, 3.63) is 73.8 Å². The van der Waals surface area contributed by atoms with Crippen LogP contribution in [-0.4, -0.2) is 95.7 Å². The van der Waals surface area contributed by atoms with Gasteiger partial charge < -0.3 is 34.2 Å². The summed E-state index contributed by atoms with van der Waals surface area (Å²) in [5.41, 5.74) is 1.05. The van der Waals surface area contributed by atoms with Gasteiger partial charge in [-0.05, 0) is 82.6 Å². The Morgan fingerprint density at radius 3 is 2.06 bits per heavy atom. The second-order valence-electron chi connectivity index (χ2n) is 12.5. The van der Waals surface area contributed by atoms with E-state index >= 15 is 0 Å². The number of alkyl halides is 1. The van der Waals surface area contributed by atoms with Crippen molar-refractivity contribution in [2.45, 2.75) is 62.7 Å². The van der Waals surface area contributed by atoms with Gasteiger partial charge in [0.1, 0.15) is 17.4 Å². The van der Waals surface area contributed by atoms with E-state index in [-0.39, 0.29) is 42.2 Å². The van der Waals surface area contributed by atoms with Crippen molar-refractivity contribution in [3.63, 3.8) is 0 Å². The highest BCUT2D eigenvalue weighted by Crippen LogP contribution is 2.61. The number of amides is 3. The van der Waals surface area contributed by atoms with Crippen LogP contribution in [0.1, 0.15) is 34.1 Å². The quantitative estimate of drug-likeness (QED) is 0.208. The highest BCUT2D eigenvalue weighted by molar-refractivity contribution is 9.09. The topological polar surface area (TPSA) is 103 Å². The van der Waals surface area contributed by atoms with Gasteiger partial charge in [0.25, 0.3) is 5.91 Å². The number of fused-ring (bicyclic) bond motifs is 1. The number of aliphatic hydroxyl groups is 1. The van der Waals surface area contributed by atoms with Gasteiger partial charge in [-0.25, -0.2) is 0 Å². The van der Waals surface area contributed by atoms with E-state index in [9.17, 15) is 19.5 Å². The number of halogens is 1. The van der Waals surface area contributed by atoms with Crippen LogP contribution < -0.4 is 19.4 Å². The van der Waals surface area contributed by atoms with Gasteiger partial charge in [0.05, 0.1) is 37.2 Å². The monoisotopic (exact) mass is 722 g/mol. The molecule has 3 heterocycles. The molecule has 0 aliphatic carbocycles. The summed E-state index contributed by atoms with van der Waals surface area (Å²) in [6.07, 6.45) is 3.02. The predicted molar refractivity (Wildman–Crippen MR) is 192 cm³/mol. The molecule has 3 amide bonds. The lowest BCUT2D eigenvalue weighted by molar-refractivity contribution is -0.143. The highest BCUT2D eigenvalue weighted by atomic mass is 79.9. The van der Waals surface area contributed by atoms with Crippen LogP contribution in [0.4, 0.5) is 17.1 Å². The van der Waals surface area contributed by atoms with Gasteiger partial charge in [0.2, 0.25) is 11.8 Å². The Balaban J connectivity index is 1.55. The van der Waals surface area contributed by atoms with Crippen LogP contribution in [0.2, 0.25) is 0 Å². The third-order valence-corrected chi connectivity index (χ3v) is 10.7. The SMILES string of the molecule is C=CCN(C(=O)C1N([C@H](C)CO)C(=O)[C@@H]2[C@@H](C(=O)N(CC=C)c3ccc(OCC)cc3)[C@@H]3OC12CC3Br)c1ccc(N(CC)CC)cc1. The molecule has 2 aromatic carbocycles. The third kappa shape index (κ3) is 6.05. The van der Waals surface area contributed by atoms with Gasteiger partial charge in [-0.15, -0.1) is 13.2 Å². The van der Waals surface area contributed by atoms with Crippen molar-refractivity contribution >= 4 is 50.7 Å². The molecule has 48 heavy (non-hydrogen) atoms. The number of carbonyl (C=O) groups is 3. The molecule has 0 saturated carbocycles. The molecule has 3 aliphatic rings. The molecule has 1 N–H and O–H groups in total. The fourth-order valence-corrected chi connectivity index (χ4v) is 8.69. The van der Waals surface area contributed by atoms with E-state index in [0.29, 0.717) is 30.2 Å². The molecule has 0 aromatic heterocycles. The van der Waals surface area contributed by atoms with Gasteiger partial charge in [-0.3, -0.25) is 14.4 Å². The fraction of sp³-hybridized carbons (Fsp3) is 0.486. The normalized spacial score (nSPS) is 26.2. The summed E-state index contributed by atoms with van der Waals surface area (Å²) in [6.45, 7) is 17.9. The first kappa shape index (κ1) is 35.6. The van der Waals surface area contributed by atoms with Crippen molar-refractivity contribution < 1.29 is 29.0 Å². The van der Waals surface area contributed by atoms with Crippen molar-refractivity contribution in [3.8, 4) is 5.75 Å². The van der Waals surface area contributed by atoms with E-state index in [1.165, 1.54) is 4.90 Å². The molecule has 2 bridgehead atoms. The number of hydrogen-bond donors (Lipinski definition) is 1. The lowest BCUT2D eigenvalue weighted by atomic mass is 9.70. The largest absolute Gasteiger partial charge is 0.494 e. The Kier molecular flexibility index (Phi) is 11.0. The van der Waals surface area contributed by atoms with Crippen molar-refractivity contribution in [2.75, 3.05) is 54.1 Å². The van der Waals surface area contributed by atoms with E-state index in [0.717, 1.165) is 18.8 Å². The molecule has 3 aliphatic heterocycles. The van der Waals surface area contributed by atoms with E-state index in [2.05, 4.69) is 47.8 Å². The van der Waals surface area contributed by atoms with Crippen LogP contribution in [0.25, 0.3) is 0 Å². The number of ether oxygens (including phenoxy) is 2. The molecule has 10 nitrogen and oxygen atoms in total. The van der Waals surface area contributed by atoms with Crippen molar-refractivity contribution in [1.29, 1.82) is 0 Å². The zero-order chi connectivity index (χ0) is 34.7. The molecule has 11 heteroatoms. The first-order chi connectivity index (χ1) is 23.1. The van der Waals surface area contributed by atoms with Crippen molar-refractivity contribution in [2.24, 2.45) is 11.8 Å². The Labute approximate surface area is 292 Å². The van der Waals surface area contributed by atoms with Gasteiger partial charge >= 0.3 is 0 Å². The first-order valence-corrected chi connectivity index (χ1v) is 17.7. The highest BCUT2D eigenvalue weighted by Gasteiger charge is 2.77. The minimum Gasteiger partial charge on any atom is -0.494 e. The standard InChI is InChI=1S/C37H47BrN4O6/c1-7-20-40(27-16-18-28(19-17-27)47-11-5)34(44)30-31-35(45)42(24(6)23-43)33(37(31)22-29(38)32(30)48-37)36(46)41(21-8-2)26-14-12-25(13-15-26)39(9-3)10-4/h7-8,12-19,24,29-33,43H,1-2,9-11,20-23H2,3-6H3/t24-,29?,30-,31+,32-,33?,37?/m1/s1. The van der Waals surface area contributed by atoms with Gasteiger partial charge in [-0.1, -0.05) is 28.1 Å². The second kappa shape index (κ2) is 14.8. The molecule has 0 radical (unpaired) electrons. The predicted octanol–water partition coefficient (Wildman–Crippen LogP) is 4.80. The molecule has 3 saturated heterocycles. The maximum atomic E-state index is 14.9.